The largest absolute Gasteiger partial charge is 0.444 e. The molecule has 3 heterocycles. The third-order valence-electron chi connectivity index (χ3n) is 4.38. The zero-order chi connectivity index (χ0) is 19.4. The van der Waals surface area contributed by atoms with Gasteiger partial charge in [0.25, 0.3) is 0 Å². The van der Waals surface area contributed by atoms with Crippen molar-refractivity contribution in [2.75, 3.05) is 13.1 Å². The van der Waals surface area contributed by atoms with Gasteiger partial charge in [-0.15, -0.1) is 0 Å². The first-order valence-corrected chi connectivity index (χ1v) is 9.30. The monoisotopic (exact) mass is 373 g/mol. The van der Waals surface area contributed by atoms with Crippen LogP contribution in [-0.4, -0.2) is 50.9 Å². The third kappa shape index (κ3) is 5.26. The molecule has 146 valence electrons. The SMILES string of the molecule is CC(NC1CCN(C(=O)OC(C)(C)C)CC1)c1nc(-c2ccncc2)no1. The molecule has 27 heavy (non-hydrogen) atoms. The number of aromatic nitrogens is 3. The molecule has 1 aliphatic rings. The maximum Gasteiger partial charge on any atom is 0.410 e. The van der Waals surface area contributed by atoms with E-state index >= 15 is 0 Å². The number of hydrogen-bond acceptors (Lipinski definition) is 7. The number of likely N-dealkylation sites (tertiary alicyclic amines) is 1. The van der Waals surface area contributed by atoms with Crippen LogP contribution in [0.2, 0.25) is 0 Å². The van der Waals surface area contributed by atoms with Crippen LogP contribution in [0, 0.1) is 0 Å². The van der Waals surface area contributed by atoms with Gasteiger partial charge in [-0.2, -0.15) is 4.98 Å². The normalized spacial score (nSPS) is 17.0. The molecular weight excluding hydrogens is 346 g/mol. The van der Waals surface area contributed by atoms with E-state index in [-0.39, 0.29) is 18.2 Å². The summed E-state index contributed by atoms with van der Waals surface area (Å²) < 4.78 is 10.8. The molecule has 0 aromatic carbocycles. The topological polar surface area (TPSA) is 93.4 Å². The molecule has 1 atom stereocenters. The zero-order valence-corrected chi connectivity index (χ0v) is 16.3. The van der Waals surface area contributed by atoms with E-state index in [0.717, 1.165) is 18.4 Å². The summed E-state index contributed by atoms with van der Waals surface area (Å²) in [6.07, 6.45) is 4.87. The average molecular weight is 373 g/mol. The summed E-state index contributed by atoms with van der Waals surface area (Å²) in [7, 11) is 0. The minimum atomic E-state index is -0.467. The molecule has 0 radical (unpaired) electrons. The molecular formula is C19H27N5O3. The van der Waals surface area contributed by atoms with Crippen molar-refractivity contribution in [2.45, 2.75) is 58.2 Å². The summed E-state index contributed by atoms with van der Waals surface area (Å²) in [5, 5.41) is 7.57. The van der Waals surface area contributed by atoms with Crippen molar-refractivity contribution in [3.63, 3.8) is 0 Å². The summed E-state index contributed by atoms with van der Waals surface area (Å²) in [6, 6.07) is 3.92. The van der Waals surface area contributed by atoms with Crippen LogP contribution >= 0.6 is 0 Å². The lowest BCUT2D eigenvalue weighted by molar-refractivity contribution is 0.0195. The van der Waals surface area contributed by atoms with Gasteiger partial charge in [0.1, 0.15) is 5.60 Å². The van der Waals surface area contributed by atoms with Gasteiger partial charge in [-0.3, -0.25) is 4.98 Å². The van der Waals surface area contributed by atoms with Gasteiger partial charge in [-0.25, -0.2) is 4.79 Å². The van der Waals surface area contributed by atoms with Crippen molar-refractivity contribution in [1.82, 2.24) is 25.3 Å². The summed E-state index contributed by atoms with van der Waals surface area (Å²) in [5.41, 5.74) is 0.406. The maximum atomic E-state index is 12.1. The second kappa shape index (κ2) is 8.04. The van der Waals surface area contributed by atoms with Crippen LogP contribution in [0.1, 0.15) is 52.5 Å². The highest BCUT2D eigenvalue weighted by atomic mass is 16.6. The smallest absolute Gasteiger partial charge is 0.410 e. The van der Waals surface area contributed by atoms with Crippen molar-refractivity contribution in [1.29, 1.82) is 0 Å². The first kappa shape index (κ1) is 19.3. The number of pyridine rings is 1. The van der Waals surface area contributed by atoms with Gasteiger partial charge in [0.2, 0.25) is 11.7 Å². The van der Waals surface area contributed by atoms with Gasteiger partial charge < -0.3 is 19.5 Å². The van der Waals surface area contributed by atoms with Gasteiger partial charge in [0.05, 0.1) is 6.04 Å². The molecule has 2 aromatic rings. The summed E-state index contributed by atoms with van der Waals surface area (Å²) in [5.74, 6) is 1.11. The summed E-state index contributed by atoms with van der Waals surface area (Å²) in [4.78, 5) is 22.4. The Morgan fingerprint density at radius 3 is 2.59 bits per heavy atom. The highest BCUT2D eigenvalue weighted by Crippen LogP contribution is 2.21. The van der Waals surface area contributed by atoms with E-state index < -0.39 is 5.60 Å². The molecule has 1 fully saturated rings. The maximum absolute atomic E-state index is 12.1. The Morgan fingerprint density at radius 2 is 1.96 bits per heavy atom. The average Bonchev–Trinajstić information content (AvgIpc) is 3.12. The lowest BCUT2D eigenvalue weighted by Crippen LogP contribution is -2.47. The van der Waals surface area contributed by atoms with E-state index in [1.165, 1.54) is 0 Å². The Kier molecular flexibility index (Phi) is 5.74. The molecule has 8 nitrogen and oxygen atoms in total. The van der Waals surface area contributed by atoms with Crippen LogP contribution in [0.4, 0.5) is 4.79 Å². The second-order valence-corrected chi connectivity index (χ2v) is 7.82. The number of ether oxygens (including phenoxy) is 1. The fraction of sp³-hybridized carbons (Fsp3) is 0.579. The van der Waals surface area contributed by atoms with Crippen molar-refractivity contribution < 1.29 is 14.1 Å². The minimum Gasteiger partial charge on any atom is -0.444 e. The molecule has 2 aromatic heterocycles. The van der Waals surface area contributed by atoms with E-state index in [0.29, 0.717) is 24.8 Å². The standard InChI is InChI=1S/C19H27N5O3/c1-13(17-22-16(23-27-17)14-5-9-20-10-6-14)21-15-7-11-24(12-8-15)18(25)26-19(2,3)4/h5-6,9-10,13,15,21H,7-8,11-12H2,1-4H3. The lowest BCUT2D eigenvalue weighted by atomic mass is 10.0. The van der Waals surface area contributed by atoms with Crippen molar-refractivity contribution in [3.05, 3.63) is 30.4 Å². The third-order valence-corrected chi connectivity index (χ3v) is 4.38. The second-order valence-electron chi connectivity index (χ2n) is 7.82. The molecule has 1 N–H and O–H groups in total. The molecule has 1 unspecified atom stereocenters. The van der Waals surface area contributed by atoms with Gasteiger partial charge in [0.15, 0.2) is 0 Å². The van der Waals surface area contributed by atoms with Gasteiger partial charge in [-0.05, 0) is 52.7 Å². The molecule has 1 saturated heterocycles. The highest BCUT2D eigenvalue weighted by Gasteiger charge is 2.28. The van der Waals surface area contributed by atoms with E-state index in [1.54, 1.807) is 17.3 Å². The number of hydrogen-bond donors (Lipinski definition) is 1. The van der Waals surface area contributed by atoms with Crippen molar-refractivity contribution >= 4 is 6.09 Å². The zero-order valence-electron chi connectivity index (χ0n) is 16.3. The number of nitrogens with zero attached hydrogens (tertiary/aromatic N) is 4. The number of carbonyl (C=O) groups excluding carboxylic acids is 1. The van der Waals surface area contributed by atoms with Crippen LogP contribution in [0.3, 0.4) is 0 Å². The van der Waals surface area contributed by atoms with Gasteiger partial charge in [0, 0.05) is 37.1 Å². The predicted molar refractivity (Wildman–Crippen MR) is 99.9 cm³/mol. The molecule has 0 bridgehead atoms. The fourth-order valence-electron chi connectivity index (χ4n) is 3.01. The Bertz CT molecular complexity index is 748. The molecule has 3 rings (SSSR count). The summed E-state index contributed by atoms with van der Waals surface area (Å²) >= 11 is 0. The van der Waals surface area contributed by atoms with Crippen molar-refractivity contribution in [3.8, 4) is 11.4 Å². The first-order valence-electron chi connectivity index (χ1n) is 9.30. The van der Waals surface area contributed by atoms with Crippen molar-refractivity contribution in [2.24, 2.45) is 0 Å². The van der Waals surface area contributed by atoms with Crippen LogP contribution < -0.4 is 5.32 Å². The fourth-order valence-corrected chi connectivity index (χ4v) is 3.01. The predicted octanol–water partition coefficient (Wildman–Crippen LogP) is 3.18. The Balaban J connectivity index is 1.51. The van der Waals surface area contributed by atoms with Crippen LogP contribution in [0.5, 0.6) is 0 Å². The molecule has 0 spiro atoms. The van der Waals surface area contributed by atoms with Crippen LogP contribution in [-0.2, 0) is 4.74 Å². The van der Waals surface area contributed by atoms with E-state index in [4.69, 9.17) is 9.26 Å². The molecule has 0 aliphatic carbocycles. The van der Waals surface area contributed by atoms with Crippen LogP contribution in [0.15, 0.2) is 29.0 Å². The Morgan fingerprint density at radius 1 is 1.30 bits per heavy atom. The molecule has 1 amide bonds. The number of carbonyl (C=O) groups is 1. The number of nitrogens with one attached hydrogen (secondary N) is 1. The quantitative estimate of drug-likeness (QED) is 0.879. The highest BCUT2D eigenvalue weighted by molar-refractivity contribution is 5.68. The Labute approximate surface area is 159 Å². The number of rotatable bonds is 4. The van der Waals surface area contributed by atoms with E-state index in [9.17, 15) is 4.79 Å². The molecule has 0 saturated carbocycles. The minimum absolute atomic E-state index is 0.0637. The molecule has 8 heteroatoms. The number of amides is 1. The number of piperidine rings is 1. The van der Waals surface area contributed by atoms with Gasteiger partial charge >= 0.3 is 6.09 Å². The van der Waals surface area contributed by atoms with E-state index in [2.05, 4.69) is 20.4 Å². The van der Waals surface area contributed by atoms with Crippen LogP contribution in [0.25, 0.3) is 11.4 Å². The summed E-state index contributed by atoms with van der Waals surface area (Å²) in [6.45, 7) is 8.99. The molecule has 1 aliphatic heterocycles. The lowest BCUT2D eigenvalue weighted by Gasteiger charge is -2.34. The van der Waals surface area contributed by atoms with Gasteiger partial charge in [-0.1, -0.05) is 5.16 Å². The first-order chi connectivity index (χ1) is 12.8. The van der Waals surface area contributed by atoms with E-state index in [1.807, 2.05) is 39.8 Å². The Hall–Kier alpha value is -2.48.